The van der Waals surface area contributed by atoms with Crippen LogP contribution in [-0.4, -0.2) is 31.5 Å². The molecule has 0 bridgehead atoms. The molecule has 0 aromatic heterocycles. The predicted molar refractivity (Wildman–Crippen MR) is 98.0 cm³/mol. The van der Waals surface area contributed by atoms with E-state index in [1.807, 2.05) is 32.0 Å². The van der Waals surface area contributed by atoms with Gasteiger partial charge in [-0.3, -0.25) is 9.79 Å². The minimum absolute atomic E-state index is 0. The molecule has 0 atom stereocenters. The first-order valence-corrected chi connectivity index (χ1v) is 6.89. The number of rotatable bonds is 6. The van der Waals surface area contributed by atoms with Crippen LogP contribution in [0.2, 0.25) is 0 Å². The molecule has 21 heavy (non-hydrogen) atoms. The average Bonchev–Trinajstić information content (AvgIpc) is 2.43. The Balaban J connectivity index is 0.00000400. The molecule has 1 rings (SSSR count). The molecule has 1 aromatic rings. The number of nitrogens with one attached hydrogen (secondary N) is 3. The smallest absolute Gasteiger partial charge is 0.221 e. The second kappa shape index (κ2) is 11.4. The first kappa shape index (κ1) is 19.7. The van der Waals surface area contributed by atoms with E-state index >= 15 is 0 Å². The number of aliphatic imine (C=N–C) groups is 1. The molecule has 1 amide bonds. The van der Waals surface area contributed by atoms with E-state index in [-0.39, 0.29) is 35.9 Å². The summed E-state index contributed by atoms with van der Waals surface area (Å²) in [5.41, 5.74) is 1.19. The van der Waals surface area contributed by atoms with Crippen LogP contribution in [0, 0.1) is 0 Å². The fourth-order valence-corrected chi connectivity index (χ4v) is 1.69. The van der Waals surface area contributed by atoms with Gasteiger partial charge in [0.2, 0.25) is 5.91 Å². The van der Waals surface area contributed by atoms with Crippen LogP contribution in [0.15, 0.2) is 35.3 Å². The Morgan fingerprint density at radius 1 is 1.19 bits per heavy atom. The van der Waals surface area contributed by atoms with E-state index in [4.69, 9.17) is 0 Å². The van der Waals surface area contributed by atoms with E-state index in [9.17, 15) is 4.79 Å². The third-order valence-electron chi connectivity index (χ3n) is 2.62. The molecule has 1 aromatic carbocycles. The summed E-state index contributed by atoms with van der Waals surface area (Å²) in [5.74, 6) is 0.747. The summed E-state index contributed by atoms with van der Waals surface area (Å²) >= 11 is 0. The number of carbonyl (C=O) groups excluding carboxylic acids is 1. The van der Waals surface area contributed by atoms with Gasteiger partial charge in [0.05, 0.1) is 0 Å². The number of halogens is 1. The zero-order valence-electron chi connectivity index (χ0n) is 12.8. The van der Waals surface area contributed by atoms with Crippen LogP contribution in [0.5, 0.6) is 0 Å². The van der Waals surface area contributed by atoms with Crippen molar-refractivity contribution in [3.05, 3.63) is 35.9 Å². The number of amides is 1. The van der Waals surface area contributed by atoms with E-state index in [2.05, 4.69) is 33.1 Å². The van der Waals surface area contributed by atoms with Gasteiger partial charge in [0.15, 0.2) is 5.96 Å². The van der Waals surface area contributed by atoms with Crippen LogP contribution in [0.4, 0.5) is 0 Å². The van der Waals surface area contributed by atoms with Crippen LogP contribution < -0.4 is 16.0 Å². The van der Waals surface area contributed by atoms with E-state index in [1.165, 1.54) is 5.56 Å². The Bertz CT molecular complexity index is 435. The number of hydrogen-bond donors (Lipinski definition) is 3. The molecule has 0 spiro atoms. The molecule has 6 heteroatoms. The highest BCUT2D eigenvalue weighted by atomic mass is 127. The second-order valence-corrected chi connectivity index (χ2v) is 4.81. The highest BCUT2D eigenvalue weighted by Gasteiger charge is 2.03. The van der Waals surface area contributed by atoms with Crippen LogP contribution in [0.3, 0.4) is 0 Å². The highest BCUT2D eigenvalue weighted by Crippen LogP contribution is 1.96. The SMILES string of the molecule is CN=C(NCCC(=O)NC(C)C)NCc1ccccc1.I. The molecule has 0 saturated carbocycles. The van der Waals surface area contributed by atoms with Crippen molar-refractivity contribution >= 4 is 35.8 Å². The van der Waals surface area contributed by atoms with E-state index in [0.717, 1.165) is 0 Å². The lowest BCUT2D eigenvalue weighted by Crippen LogP contribution is -2.39. The largest absolute Gasteiger partial charge is 0.356 e. The maximum absolute atomic E-state index is 11.5. The molecule has 0 radical (unpaired) electrons. The third kappa shape index (κ3) is 9.28. The summed E-state index contributed by atoms with van der Waals surface area (Å²) < 4.78 is 0. The zero-order valence-corrected chi connectivity index (χ0v) is 15.2. The molecular formula is C15H25IN4O. The van der Waals surface area contributed by atoms with Gasteiger partial charge < -0.3 is 16.0 Å². The second-order valence-electron chi connectivity index (χ2n) is 4.81. The lowest BCUT2D eigenvalue weighted by Gasteiger charge is -2.12. The van der Waals surface area contributed by atoms with Crippen LogP contribution in [0.1, 0.15) is 25.8 Å². The molecule has 0 aliphatic carbocycles. The molecule has 0 unspecified atom stereocenters. The molecule has 0 saturated heterocycles. The number of carbonyl (C=O) groups is 1. The Kier molecular flexibility index (Phi) is 10.7. The molecule has 118 valence electrons. The van der Waals surface area contributed by atoms with Crippen molar-refractivity contribution in [1.29, 1.82) is 0 Å². The van der Waals surface area contributed by atoms with E-state index in [0.29, 0.717) is 25.5 Å². The van der Waals surface area contributed by atoms with Gasteiger partial charge in [0.1, 0.15) is 0 Å². The van der Waals surface area contributed by atoms with Gasteiger partial charge in [0, 0.05) is 32.6 Å². The first-order chi connectivity index (χ1) is 9.61. The monoisotopic (exact) mass is 404 g/mol. The summed E-state index contributed by atoms with van der Waals surface area (Å²) in [6.45, 7) is 5.17. The molecule has 0 aliphatic heterocycles. The molecular weight excluding hydrogens is 379 g/mol. The Labute approximate surface area is 144 Å². The zero-order chi connectivity index (χ0) is 14.8. The van der Waals surface area contributed by atoms with Crippen LogP contribution >= 0.6 is 24.0 Å². The van der Waals surface area contributed by atoms with Gasteiger partial charge in [0.25, 0.3) is 0 Å². The highest BCUT2D eigenvalue weighted by molar-refractivity contribution is 14.0. The summed E-state index contributed by atoms with van der Waals surface area (Å²) in [4.78, 5) is 15.6. The minimum Gasteiger partial charge on any atom is -0.356 e. The average molecular weight is 404 g/mol. The summed E-state index contributed by atoms with van der Waals surface area (Å²) in [6, 6.07) is 10.3. The topological polar surface area (TPSA) is 65.5 Å². The summed E-state index contributed by atoms with van der Waals surface area (Å²) in [7, 11) is 1.72. The molecule has 3 N–H and O–H groups in total. The van der Waals surface area contributed by atoms with Gasteiger partial charge >= 0.3 is 0 Å². The maximum atomic E-state index is 11.5. The van der Waals surface area contributed by atoms with Gasteiger partial charge in [-0.2, -0.15) is 0 Å². The molecule has 0 fully saturated rings. The van der Waals surface area contributed by atoms with Crippen LogP contribution in [0.25, 0.3) is 0 Å². The Morgan fingerprint density at radius 2 is 1.86 bits per heavy atom. The number of benzene rings is 1. The Morgan fingerprint density at radius 3 is 2.43 bits per heavy atom. The fourth-order valence-electron chi connectivity index (χ4n) is 1.69. The number of guanidine groups is 1. The van der Waals surface area contributed by atoms with Crippen molar-refractivity contribution in [3.63, 3.8) is 0 Å². The number of nitrogens with zero attached hydrogens (tertiary/aromatic N) is 1. The normalized spacial score (nSPS) is 10.8. The quantitative estimate of drug-likeness (QED) is 0.386. The lowest BCUT2D eigenvalue weighted by molar-refractivity contribution is -0.121. The summed E-state index contributed by atoms with van der Waals surface area (Å²) in [6.07, 6.45) is 0.435. The van der Waals surface area contributed by atoms with Crippen molar-refractivity contribution in [2.24, 2.45) is 4.99 Å². The predicted octanol–water partition coefficient (Wildman–Crippen LogP) is 1.88. The van der Waals surface area contributed by atoms with Gasteiger partial charge in [-0.05, 0) is 19.4 Å². The lowest BCUT2D eigenvalue weighted by atomic mass is 10.2. The minimum atomic E-state index is 0. The molecule has 0 heterocycles. The van der Waals surface area contributed by atoms with E-state index in [1.54, 1.807) is 7.05 Å². The molecule has 5 nitrogen and oxygen atoms in total. The maximum Gasteiger partial charge on any atom is 0.221 e. The fraction of sp³-hybridized carbons (Fsp3) is 0.467. The van der Waals surface area contributed by atoms with Gasteiger partial charge in [-0.25, -0.2) is 0 Å². The van der Waals surface area contributed by atoms with Crippen molar-refractivity contribution in [3.8, 4) is 0 Å². The van der Waals surface area contributed by atoms with Crippen molar-refractivity contribution in [2.75, 3.05) is 13.6 Å². The van der Waals surface area contributed by atoms with Crippen LogP contribution in [-0.2, 0) is 11.3 Å². The van der Waals surface area contributed by atoms with Gasteiger partial charge in [-0.15, -0.1) is 24.0 Å². The Hall–Kier alpha value is -1.31. The third-order valence-corrected chi connectivity index (χ3v) is 2.62. The first-order valence-electron chi connectivity index (χ1n) is 6.89. The van der Waals surface area contributed by atoms with Gasteiger partial charge in [-0.1, -0.05) is 30.3 Å². The standard InChI is InChI=1S/C15H24N4O.HI/c1-12(2)19-14(20)9-10-17-15(16-3)18-11-13-7-5-4-6-8-13;/h4-8,12H,9-11H2,1-3H3,(H,19,20)(H2,16,17,18);1H. The van der Waals surface area contributed by atoms with Crippen molar-refractivity contribution < 1.29 is 4.79 Å². The van der Waals surface area contributed by atoms with Crippen molar-refractivity contribution in [1.82, 2.24) is 16.0 Å². The van der Waals surface area contributed by atoms with Crippen molar-refractivity contribution in [2.45, 2.75) is 32.9 Å². The summed E-state index contributed by atoms with van der Waals surface area (Å²) in [5, 5.41) is 9.18. The molecule has 0 aliphatic rings. The van der Waals surface area contributed by atoms with E-state index < -0.39 is 0 Å². The number of hydrogen-bond acceptors (Lipinski definition) is 2.